The molecule has 0 saturated carbocycles. The maximum Gasteiger partial charge on any atom is 0.354 e. The van der Waals surface area contributed by atoms with E-state index in [4.69, 9.17) is 4.98 Å². The van der Waals surface area contributed by atoms with E-state index < -0.39 is 5.97 Å². The molecule has 0 bridgehead atoms. The predicted octanol–water partition coefficient (Wildman–Crippen LogP) is 8.23. The van der Waals surface area contributed by atoms with E-state index >= 15 is 0 Å². The molecule has 0 fully saturated rings. The molecule has 0 saturated heterocycles. The Morgan fingerprint density at radius 1 is 0.800 bits per heavy atom. The second-order valence-electron chi connectivity index (χ2n) is 12.7. The highest BCUT2D eigenvalue weighted by molar-refractivity contribution is 6.12. The third kappa shape index (κ3) is 4.15. The van der Waals surface area contributed by atoms with Gasteiger partial charge in [0.15, 0.2) is 0 Å². The highest BCUT2D eigenvalue weighted by Crippen LogP contribution is 2.40. The van der Waals surface area contributed by atoms with Crippen molar-refractivity contribution in [2.75, 3.05) is 0 Å². The molecule has 0 aliphatic heterocycles. The quantitative estimate of drug-likeness (QED) is 0.241. The molecule has 0 aliphatic rings. The number of hydrogen-bond donors (Lipinski definition) is 2. The van der Waals surface area contributed by atoms with Crippen molar-refractivity contribution in [2.45, 2.75) is 52.4 Å². The van der Waals surface area contributed by atoms with Gasteiger partial charge in [0.05, 0.1) is 22.2 Å². The minimum absolute atomic E-state index is 0.0120. The van der Waals surface area contributed by atoms with Gasteiger partial charge in [-0.25, -0.2) is 14.8 Å². The number of fused-ring (bicyclic) bond motifs is 4. The van der Waals surface area contributed by atoms with Gasteiger partial charge in [0, 0.05) is 34.5 Å². The van der Waals surface area contributed by atoms with Gasteiger partial charge in [-0.3, -0.25) is 0 Å². The summed E-state index contributed by atoms with van der Waals surface area (Å²) < 4.78 is 2.12. The molecule has 3 heterocycles. The molecule has 6 nitrogen and oxygen atoms in total. The van der Waals surface area contributed by atoms with E-state index in [1.54, 1.807) is 6.07 Å². The van der Waals surface area contributed by atoms with Crippen molar-refractivity contribution in [2.24, 2.45) is 7.05 Å². The van der Waals surface area contributed by atoms with E-state index in [9.17, 15) is 9.90 Å². The summed E-state index contributed by atoms with van der Waals surface area (Å²) >= 11 is 0. The smallest absolute Gasteiger partial charge is 0.354 e. The molecule has 0 amide bonds. The summed E-state index contributed by atoms with van der Waals surface area (Å²) in [6, 6.07) is 22.3. The van der Waals surface area contributed by atoms with Crippen LogP contribution in [0, 0.1) is 0 Å². The molecule has 3 aromatic heterocycles. The van der Waals surface area contributed by atoms with E-state index in [1.165, 1.54) is 28.0 Å². The van der Waals surface area contributed by atoms with Crippen molar-refractivity contribution in [3.05, 3.63) is 83.6 Å². The van der Waals surface area contributed by atoms with Crippen LogP contribution in [0.3, 0.4) is 0 Å². The number of hydrogen-bond acceptors (Lipinski definition) is 3. The molecule has 6 aromatic rings. The normalized spacial score (nSPS) is 12.6. The molecule has 6 rings (SSSR count). The third-order valence-electron chi connectivity index (χ3n) is 7.84. The van der Waals surface area contributed by atoms with Crippen molar-refractivity contribution < 1.29 is 9.90 Å². The van der Waals surface area contributed by atoms with Gasteiger partial charge in [-0.2, -0.15) is 0 Å². The number of aromatic nitrogens is 4. The van der Waals surface area contributed by atoms with Crippen LogP contribution in [-0.4, -0.2) is 30.6 Å². The lowest BCUT2D eigenvalue weighted by molar-refractivity contribution is 0.0690. The van der Waals surface area contributed by atoms with Gasteiger partial charge < -0.3 is 14.7 Å². The monoisotopic (exact) mass is 530 g/mol. The van der Waals surface area contributed by atoms with Crippen LogP contribution in [0.15, 0.2) is 66.7 Å². The topological polar surface area (TPSA) is 83.8 Å². The van der Waals surface area contributed by atoms with Crippen LogP contribution in [0.2, 0.25) is 0 Å². The van der Waals surface area contributed by atoms with Gasteiger partial charge in [-0.1, -0.05) is 65.8 Å². The number of aromatic amines is 1. The lowest BCUT2D eigenvalue weighted by Crippen LogP contribution is -2.11. The highest BCUT2D eigenvalue weighted by atomic mass is 16.4. The largest absolute Gasteiger partial charge is 0.477 e. The predicted molar refractivity (Wildman–Crippen MR) is 163 cm³/mol. The summed E-state index contributed by atoms with van der Waals surface area (Å²) in [4.78, 5) is 24.9. The average Bonchev–Trinajstić information content (AvgIpc) is 3.44. The minimum atomic E-state index is -1.05. The van der Waals surface area contributed by atoms with Crippen LogP contribution in [0.5, 0.6) is 0 Å². The Morgan fingerprint density at radius 2 is 1.50 bits per heavy atom. The van der Waals surface area contributed by atoms with Gasteiger partial charge >= 0.3 is 5.97 Å². The van der Waals surface area contributed by atoms with Crippen molar-refractivity contribution in [3.8, 4) is 22.6 Å². The fraction of sp³-hybridized carbons (Fsp3) is 0.265. The molecule has 2 N–H and O–H groups in total. The number of carboxylic acids is 1. The van der Waals surface area contributed by atoms with Crippen LogP contribution in [-0.2, 0) is 17.9 Å². The number of para-hydroxylation sites is 1. The Balaban J connectivity index is 1.65. The summed E-state index contributed by atoms with van der Waals surface area (Å²) in [6.45, 7) is 13.4. The van der Waals surface area contributed by atoms with Crippen LogP contribution in [0.25, 0.3) is 55.5 Å². The summed E-state index contributed by atoms with van der Waals surface area (Å²) in [5.41, 5.74) is 8.85. The molecular formula is C34H34N4O2. The van der Waals surface area contributed by atoms with E-state index in [-0.39, 0.29) is 16.5 Å². The SMILES string of the molecule is Cn1c(-c2cc(C(C)(C)C)cc3c2[nH]c2ccc(C(C)(C)C)cc23)nc2c(-c3cccc(C(=O)O)n3)cccc21. The number of aryl methyl sites for hydroxylation is 1. The number of imidazole rings is 1. The van der Waals surface area contributed by atoms with Crippen LogP contribution < -0.4 is 0 Å². The van der Waals surface area contributed by atoms with Gasteiger partial charge in [-0.05, 0) is 64.4 Å². The van der Waals surface area contributed by atoms with Crippen molar-refractivity contribution >= 4 is 38.8 Å². The molecule has 202 valence electrons. The van der Waals surface area contributed by atoms with E-state index in [1.807, 2.05) is 31.3 Å². The van der Waals surface area contributed by atoms with Crippen molar-refractivity contribution in [1.82, 2.24) is 19.5 Å². The van der Waals surface area contributed by atoms with Crippen molar-refractivity contribution in [1.29, 1.82) is 0 Å². The molecule has 0 unspecified atom stereocenters. The zero-order chi connectivity index (χ0) is 28.6. The first-order chi connectivity index (χ1) is 18.8. The first-order valence-corrected chi connectivity index (χ1v) is 13.6. The van der Waals surface area contributed by atoms with Crippen LogP contribution in [0.1, 0.15) is 63.2 Å². The summed E-state index contributed by atoms with van der Waals surface area (Å²) in [7, 11) is 2.03. The molecule has 0 atom stereocenters. The third-order valence-corrected chi connectivity index (χ3v) is 7.84. The van der Waals surface area contributed by atoms with Crippen LogP contribution >= 0.6 is 0 Å². The Kier molecular flexibility index (Phi) is 5.67. The number of aromatic carboxylic acids is 1. The van der Waals surface area contributed by atoms with Gasteiger partial charge in [0.1, 0.15) is 11.5 Å². The fourth-order valence-electron chi connectivity index (χ4n) is 5.44. The maximum absolute atomic E-state index is 11.6. The molecular weight excluding hydrogens is 496 g/mol. The molecule has 3 aromatic carbocycles. The Bertz CT molecular complexity index is 1960. The lowest BCUT2D eigenvalue weighted by atomic mass is 9.84. The molecule has 6 heteroatoms. The molecule has 0 radical (unpaired) electrons. The summed E-state index contributed by atoms with van der Waals surface area (Å²) in [5.74, 6) is -0.207. The highest BCUT2D eigenvalue weighted by Gasteiger charge is 2.23. The lowest BCUT2D eigenvalue weighted by Gasteiger charge is -2.21. The summed E-state index contributed by atoms with van der Waals surface area (Å²) in [5, 5.41) is 11.9. The Hall–Kier alpha value is -4.45. The van der Waals surface area contributed by atoms with Gasteiger partial charge in [0.2, 0.25) is 0 Å². The maximum atomic E-state index is 11.6. The first kappa shape index (κ1) is 25.8. The zero-order valence-corrected chi connectivity index (χ0v) is 24.0. The fourth-order valence-corrected chi connectivity index (χ4v) is 5.44. The number of carboxylic acid groups (broad SMARTS) is 1. The van der Waals surface area contributed by atoms with Crippen LogP contribution in [0.4, 0.5) is 0 Å². The van der Waals surface area contributed by atoms with E-state index in [0.717, 1.165) is 39.0 Å². The number of H-pyrrole nitrogens is 1. The number of carbonyl (C=O) groups is 1. The van der Waals surface area contributed by atoms with E-state index in [0.29, 0.717) is 5.69 Å². The number of pyridine rings is 1. The van der Waals surface area contributed by atoms with Gasteiger partial charge in [0.25, 0.3) is 0 Å². The second kappa shape index (κ2) is 8.78. The first-order valence-electron chi connectivity index (χ1n) is 13.6. The number of benzene rings is 3. The minimum Gasteiger partial charge on any atom is -0.477 e. The van der Waals surface area contributed by atoms with Gasteiger partial charge in [-0.15, -0.1) is 0 Å². The zero-order valence-electron chi connectivity index (χ0n) is 24.0. The number of nitrogens with one attached hydrogen (secondary N) is 1. The number of nitrogens with zero attached hydrogens (tertiary/aromatic N) is 3. The molecule has 0 spiro atoms. The Labute approximate surface area is 233 Å². The Morgan fingerprint density at radius 3 is 2.20 bits per heavy atom. The second-order valence-corrected chi connectivity index (χ2v) is 12.7. The molecule has 40 heavy (non-hydrogen) atoms. The standard InChI is InChI=1S/C34H34N4O2/c1-33(2,3)19-14-15-26-22(16-19)23-17-20(34(4,5)6)18-24(29(23)36-26)31-37-30-21(10-8-13-28(30)38(31)7)25-11-9-12-27(35-25)32(39)40/h8-18,36H,1-7H3,(H,39,40). The van der Waals surface area contributed by atoms with E-state index in [2.05, 4.69) is 86.4 Å². The molecule has 0 aliphatic carbocycles. The average molecular weight is 531 g/mol. The summed E-state index contributed by atoms with van der Waals surface area (Å²) in [6.07, 6.45) is 0. The number of rotatable bonds is 3. The van der Waals surface area contributed by atoms with Crippen molar-refractivity contribution in [3.63, 3.8) is 0 Å².